The molecule has 0 aromatic carbocycles. The molecule has 66 valence electrons. The molecule has 2 atom stereocenters. The van der Waals surface area contributed by atoms with E-state index in [-0.39, 0.29) is 10.1 Å². The fourth-order valence-electron chi connectivity index (χ4n) is 0.723. The van der Waals surface area contributed by atoms with Crippen LogP contribution < -0.4 is 0 Å². The van der Waals surface area contributed by atoms with Gasteiger partial charge < -0.3 is 0 Å². The van der Waals surface area contributed by atoms with E-state index in [9.17, 15) is 9.59 Å². The predicted molar refractivity (Wildman–Crippen MR) is 48.0 cm³/mol. The van der Waals surface area contributed by atoms with E-state index in [1.807, 2.05) is 0 Å². The number of carbonyl (C=O) groups is 2. The summed E-state index contributed by atoms with van der Waals surface area (Å²) in [5.74, 6) is -1.32. The van der Waals surface area contributed by atoms with Gasteiger partial charge in [0.25, 0.3) is 0 Å². The highest BCUT2D eigenvalue weighted by atomic mass is 35.5. The Morgan fingerprint density at radius 2 is 1.50 bits per heavy atom. The molecule has 1 aliphatic rings. The van der Waals surface area contributed by atoms with Gasteiger partial charge in [-0.15, -0.1) is 23.2 Å². The topological polar surface area (TPSA) is 34.1 Å². The number of carbonyl (C=O) groups excluding carboxylic acids is 2. The van der Waals surface area contributed by atoms with Gasteiger partial charge in [-0.1, -0.05) is 23.2 Å². The molecule has 6 heteroatoms. The molecule has 1 rings (SSSR count). The smallest absolute Gasteiger partial charge is 0.200 e. The van der Waals surface area contributed by atoms with Crippen molar-refractivity contribution in [2.24, 2.45) is 0 Å². The Kier molecular flexibility index (Phi) is 3.05. The number of allylic oxidation sites excluding steroid dienone is 2. The molecule has 0 amide bonds. The Balaban J connectivity index is 3.17. The zero-order chi connectivity index (χ0) is 9.46. The van der Waals surface area contributed by atoms with Crippen LogP contribution in [0.4, 0.5) is 0 Å². The van der Waals surface area contributed by atoms with Crippen molar-refractivity contribution in [2.75, 3.05) is 0 Å². The van der Waals surface area contributed by atoms with Crippen molar-refractivity contribution < 1.29 is 9.59 Å². The molecule has 0 aromatic heterocycles. The maximum absolute atomic E-state index is 11.0. The van der Waals surface area contributed by atoms with Crippen LogP contribution in [0, 0.1) is 0 Å². The van der Waals surface area contributed by atoms with Crippen LogP contribution in [0.3, 0.4) is 0 Å². The van der Waals surface area contributed by atoms with Gasteiger partial charge in [0, 0.05) is 0 Å². The number of alkyl halides is 2. The summed E-state index contributed by atoms with van der Waals surface area (Å²) in [5.41, 5.74) is 0. The number of Topliss-reactive ketones (excluding diaryl/α,β-unsaturated/α-hetero) is 2. The van der Waals surface area contributed by atoms with Gasteiger partial charge in [-0.05, 0) is 0 Å². The van der Waals surface area contributed by atoms with Crippen molar-refractivity contribution in [3.63, 3.8) is 0 Å². The van der Waals surface area contributed by atoms with Crippen LogP contribution in [-0.2, 0) is 9.59 Å². The molecule has 0 aliphatic heterocycles. The van der Waals surface area contributed by atoms with Gasteiger partial charge in [0.15, 0.2) is 11.2 Å². The van der Waals surface area contributed by atoms with Crippen molar-refractivity contribution in [3.05, 3.63) is 10.1 Å². The Labute approximate surface area is 88.4 Å². The van der Waals surface area contributed by atoms with Crippen LogP contribution >= 0.6 is 46.4 Å². The zero-order valence-electron chi connectivity index (χ0n) is 5.48. The summed E-state index contributed by atoms with van der Waals surface area (Å²) in [7, 11) is 0. The molecule has 0 bridgehead atoms. The lowest BCUT2D eigenvalue weighted by molar-refractivity contribution is -0.124. The summed E-state index contributed by atoms with van der Waals surface area (Å²) in [5, 5.41) is -2.80. The van der Waals surface area contributed by atoms with Crippen LogP contribution in [0.15, 0.2) is 10.1 Å². The lowest BCUT2D eigenvalue weighted by Gasteiger charge is -2.18. The first-order valence-electron chi connectivity index (χ1n) is 2.88. The van der Waals surface area contributed by atoms with Gasteiger partial charge in [-0.2, -0.15) is 0 Å². The molecule has 0 saturated heterocycles. The molecule has 0 aromatic rings. The molecule has 2 nitrogen and oxygen atoms in total. The molecule has 0 heterocycles. The van der Waals surface area contributed by atoms with Gasteiger partial charge in [-0.25, -0.2) is 0 Å². The summed E-state index contributed by atoms with van der Waals surface area (Å²) in [6.07, 6.45) is 0. The number of hydrogen-bond donors (Lipinski definition) is 0. The standard InChI is InChI=1S/C6H2Cl4O2/c7-1-2(8)5(11)4(10)6(12)3(1)9/h2,4H. The van der Waals surface area contributed by atoms with Crippen LogP contribution in [0.5, 0.6) is 0 Å². The number of halogens is 4. The van der Waals surface area contributed by atoms with Crippen LogP contribution in [0.2, 0.25) is 0 Å². The number of hydrogen-bond acceptors (Lipinski definition) is 2. The van der Waals surface area contributed by atoms with Crippen molar-refractivity contribution in [2.45, 2.75) is 10.8 Å². The second kappa shape index (κ2) is 3.54. The Morgan fingerprint density at radius 1 is 1.00 bits per heavy atom. The first kappa shape index (κ1) is 10.3. The van der Waals surface area contributed by atoms with Gasteiger partial charge in [-0.3, -0.25) is 9.59 Å². The first-order chi connectivity index (χ1) is 5.46. The SMILES string of the molecule is O=C1C(Cl)=C(Cl)C(Cl)C(=O)C1Cl. The Bertz CT molecular complexity index is 283. The van der Waals surface area contributed by atoms with Gasteiger partial charge in [0.1, 0.15) is 10.4 Å². The van der Waals surface area contributed by atoms with E-state index in [0.29, 0.717) is 0 Å². The lowest BCUT2D eigenvalue weighted by atomic mass is 10.0. The van der Waals surface area contributed by atoms with E-state index in [4.69, 9.17) is 46.4 Å². The van der Waals surface area contributed by atoms with Crippen molar-refractivity contribution in [1.29, 1.82) is 0 Å². The fraction of sp³-hybridized carbons (Fsp3) is 0.333. The second-order valence-electron chi connectivity index (χ2n) is 2.15. The van der Waals surface area contributed by atoms with Crippen molar-refractivity contribution in [1.82, 2.24) is 0 Å². The highest BCUT2D eigenvalue weighted by Gasteiger charge is 2.39. The minimum absolute atomic E-state index is 0.148. The number of ketones is 2. The van der Waals surface area contributed by atoms with E-state index < -0.39 is 22.3 Å². The van der Waals surface area contributed by atoms with Gasteiger partial charge in [0.05, 0.1) is 5.03 Å². The van der Waals surface area contributed by atoms with Crippen LogP contribution in [-0.4, -0.2) is 22.3 Å². The quantitative estimate of drug-likeness (QED) is 0.485. The minimum Gasteiger partial charge on any atom is -0.295 e. The van der Waals surface area contributed by atoms with Gasteiger partial charge >= 0.3 is 0 Å². The zero-order valence-corrected chi connectivity index (χ0v) is 8.51. The lowest BCUT2D eigenvalue weighted by Crippen LogP contribution is -2.37. The fourth-order valence-corrected chi connectivity index (χ4v) is 1.79. The normalized spacial score (nSPS) is 31.3. The maximum Gasteiger partial charge on any atom is 0.200 e. The summed E-state index contributed by atoms with van der Waals surface area (Å²) in [6.45, 7) is 0. The van der Waals surface area contributed by atoms with Crippen LogP contribution in [0.1, 0.15) is 0 Å². The molecule has 0 fully saturated rings. The minimum atomic E-state index is -1.30. The molecule has 2 unspecified atom stereocenters. The Morgan fingerprint density at radius 3 is 2.00 bits per heavy atom. The molecule has 12 heavy (non-hydrogen) atoms. The van der Waals surface area contributed by atoms with Crippen molar-refractivity contribution >= 4 is 58.0 Å². The summed E-state index contributed by atoms with van der Waals surface area (Å²) in [4.78, 5) is 22.0. The summed E-state index contributed by atoms with van der Waals surface area (Å²) < 4.78 is 0. The molecule has 0 radical (unpaired) electrons. The monoisotopic (exact) mass is 246 g/mol. The van der Waals surface area contributed by atoms with E-state index in [0.717, 1.165) is 0 Å². The molecule has 0 spiro atoms. The third-order valence-corrected chi connectivity index (χ3v) is 3.23. The van der Waals surface area contributed by atoms with E-state index in [2.05, 4.69) is 0 Å². The molecular weight excluding hydrogens is 246 g/mol. The molecule has 1 aliphatic carbocycles. The average molecular weight is 248 g/mol. The maximum atomic E-state index is 11.0. The molecule has 0 N–H and O–H groups in total. The van der Waals surface area contributed by atoms with E-state index >= 15 is 0 Å². The predicted octanol–water partition coefficient (Wildman–Crippen LogP) is 2.04. The van der Waals surface area contributed by atoms with Crippen molar-refractivity contribution in [3.8, 4) is 0 Å². The Hall–Kier alpha value is 0.240. The highest BCUT2D eigenvalue weighted by Crippen LogP contribution is 2.31. The van der Waals surface area contributed by atoms with E-state index in [1.54, 1.807) is 0 Å². The highest BCUT2D eigenvalue weighted by molar-refractivity contribution is 6.62. The van der Waals surface area contributed by atoms with Crippen LogP contribution in [0.25, 0.3) is 0 Å². The third kappa shape index (κ3) is 1.49. The third-order valence-electron chi connectivity index (χ3n) is 1.38. The second-order valence-corrected chi connectivity index (χ2v) is 3.81. The summed E-state index contributed by atoms with van der Waals surface area (Å²) in [6, 6.07) is 0. The molecule has 0 saturated carbocycles. The van der Waals surface area contributed by atoms with Gasteiger partial charge in [0.2, 0.25) is 5.78 Å². The first-order valence-corrected chi connectivity index (χ1v) is 4.51. The van der Waals surface area contributed by atoms with E-state index in [1.165, 1.54) is 0 Å². The number of rotatable bonds is 0. The molecular formula is C6H2Cl4O2. The largest absolute Gasteiger partial charge is 0.295 e. The average Bonchev–Trinajstić information content (AvgIpc) is 2.08. The summed E-state index contributed by atoms with van der Waals surface area (Å²) >= 11 is 21.9.